The minimum Gasteiger partial charge on any atom is -0.357 e. The van der Waals surface area contributed by atoms with E-state index in [2.05, 4.69) is 5.32 Å². The Morgan fingerprint density at radius 3 is 2.02 bits per heavy atom. The zero-order chi connectivity index (χ0) is 30.3. The van der Waals surface area contributed by atoms with Gasteiger partial charge in [-0.2, -0.15) is 0 Å². The average molecular weight is 592 g/mol. The first-order valence-electron chi connectivity index (χ1n) is 13.2. The maximum atomic E-state index is 15.1. The van der Waals surface area contributed by atoms with Gasteiger partial charge < -0.3 is 10.2 Å². The molecule has 4 aromatic rings. The molecule has 0 saturated heterocycles. The molecule has 0 heterocycles. The lowest BCUT2D eigenvalue weighted by Crippen LogP contribution is -2.53. The van der Waals surface area contributed by atoms with Crippen molar-refractivity contribution in [2.75, 3.05) is 17.9 Å². The van der Waals surface area contributed by atoms with Gasteiger partial charge in [0.15, 0.2) is 0 Å². The average Bonchev–Trinajstić information content (AvgIpc) is 2.99. The maximum absolute atomic E-state index is 15.1. The summed E-state index contributed by atoms with van der Waals surface area (Å²) < 4.78 is 58.3. The molecule has 0 radical (unpaired) electrons. The number of halogens is 2. The number of carbonyl (C=O) groups excluding carboxylic acids is 2. The molecule has 2 amide bonds. The highest BCUT2D eigenvalue weighted by molar-refractivity contribution is 7.92. The highest BCUT2D eigenvalue weighted by atomic mass is 32.2. The maximum Gasteiger partial charge on any atom is 0.264 e. The van der Waals surface area contributed by atoms with Crippen LogP contribution in [0.25, 0.3) is 0 Å². The Kier molecular flexibility index (Phi) is 9.69. The van der Waals surface area contributed by atoms with Crippen molar-refractivity contribution in [3.63, 3.8) is 0 Å². The lowest BCUT2D eigenvalue weighted by Gasteiger charge is -2.33. The topological polar surface area (TPSA) is 86.8 Å². The normalized spacial score (nSPS) is 11.9. The van der Waals surface area contributed by atoms with Gasteiger partial charge in [-0.1, -0.05) is 78.4 Å². The van der Waals surface area contributed by atoms with E-state index in [0.717, 1.165) is 22.1 Å². The number of rotatable bonds is 11. The Morgan fingerprint density at radius 2 is 1.40 bits per heavy atom. The molecule has 0 aliphatic rings. The van der Waals surface area contributed by atoms with Gasteiger partial charge in [0.05, 0.1) is 10.6 Å². The second-order valence-corrected chi connectivity index (χ2v) is 11.6. The molecule has 42 heavy (non-hydrogen) atoms. The molecule has 7 nitrogen and oxygen atoms in total. The van der Waals surface area contributed by atoms with Crippen LogP contribution in [0.5, 0.6) is 0 Å². The summed E-state index contributed by atoms with van der Waals surface area (Å²) in [6.45, 7) is 0.626. The summed E-state index contributed by atoms with van der Waals surface area (Å²) in [5.41, 5.74) is 1.34. The van der Waals surface area contributed by atoms with Crippen molar-refractivity contribution in [2.45, 2.75) is 30.8 Å². The van der Waals surface area contributed by atoms with E-state index in [9.17, 15) is 22.4 Å². The van der Waals surface area contributed by atoms with E-state index in [1.165, 1.54) is 55.6 Å². The predicted octanol–water partition coefficient (Wildman–Crippen LogP) is 4.85. The van der Waals surface area contributed by atoms with Crippen LogP contribution in [0.4, 0.5) is 14.5 Å². The monoisotopic (exact) mass is 591 g/mol. The summed E-state index contributed by atoms with van der Waals surface area (Å²) in [5, 5.41) is 2.56. The highest BCUT2D eigenvalue weighted by Crippen LogP contribution is 2.27. The molecule has 0 bridgehead atoms. The van der Waals surface area contributed by atoms with Crippen molar-refractivity contribution in [3.8, 4) is 0 Å². The van der Waals surface area contributed by atoms with E-state index in [1.807, 2.05) is 6.07 Å². The van der Waals surface area contributed by atoms with Crippen LogP contribution in [0.15, 0.2) is 108 Å². The van der Waals surface area contributed by atoms with Gasteiger partial charge in [-0.15, -0.1) is 0 Å². The van der Waals surface area contributed by atoms with Crippen LogP contribution in [0.3, 0.4) is 0 Å². The molecule has 218 valence electrons. The van der Waals surface area contributed by atoms with Crippen molar-refractivity contribution in [2.24, 2.45) is 0 Å². The molecule has 0 saturated carbocycles. The number of nitrogens with one attached hydrogen (secondary N) is 1. The minimum absolute atomic E-state index is 0.0745. The lowest BCUT2D eigenvalue weighted by atomic mass is 10.0. The predicted molar refractivity (Wildman–Crippen MR) is 157 cm³/mol. The van der Waals surface area contributed by atoms with Crippen LogP contribution >= 0.6 is 0 Å². The summed E-state index contributed by atoms with van der Waals surface area (Å²) in [5.74, 6) is -2.79. The highest BCUT2D eigenvalue weighted by Gasteiger charge is 2.35. The second kappa shape index (κ2) is 13.4. The van der Waals surface area contributed by atoms with E-state index < -0.39 is 46.1 Å². The number of anilines is 1. The molecule has 1 N–H and O–H groups in total. The number of likely N-dealkylation sites (N-methyl/N-ethyl adjacent to an activating group) is 1. The fourth-order valence-electron chi connectivity index (χ4n) is 4.54. The number of aryl methyl sites for hydroxylation is 1. The van der Waals surface area contributed by atoms with Gasteiger partial charge in [-0.3, -0.25) is 13.9 Å². The molecule has 4 aromatic carbocycles. The van der Waals surface area contributed by atoms with E-state index in [4.69, 9.17) is 0 Å². The zero-order valence-electron chi connectivity index (χ0n) is 23.2. The largest absolute Gasteiger partial charge is 0.357 e. The minimum atomic E-state index is -4.44. The molecule has 0 aromatic heterocycles. The van der Waals surface area contributed by atoms with Crippen molar-refractivity contribution >= 4 is 27.5 Å². The van der Waals surface area contributed by atoms with Crippen molar-refractivity contribution in [1.82, 2.24) is 10.2 Å². The quantitative estimate of drug-likeness (QED) is 0.270. The summed E-state index contributed by atoms with van der Waals surface area (Å²) in [6, 6.07) is 24.8. The molecule has 0 fully saturated rings. The standard InChI is InChI=1S/C32H31F2N3O4S/c1-23-16-18-26(19-17-23)42(40,41)37(29-15-9-8-14-28(29)34)22-31(38)36(21-25-12-6-7-13-27(25)33)30(32(39)35-2)20-24-10-4-3-5-11-24/h3-19,30H,20-22H2,1-2H3,(H,35,39)/t30-/m0/s1. The number of benzene rings is 4. The fourth-order valence-corrected chi connectivity index (χ4v) is 5.96. The third-order valence-corrected chi connectivity index (χ3v) is 8.60. The third-order valence-electron chi connectivity index (χ3n) is 6.83. The van der Waals surface area contributed by atoms with Crippen LogP contribution < -0.4 is 9.62 Å². The van der Waals surface area contributed by atoms with Crippen LogP contribution in [0.2, 0.25) is 0 Å². The molecular weight excluding hydrogens is 560 g/mol. The number of nitrogens with zero attached hydrogens (tertiary/aromatic N) is 2. The Labute approximate surface area is 244 Å². The van der Waals surface area contributed by atoms with Crippen LogP contribution in [-0.2, 0) is 32.6 Å². The molecule has 0 unspecified atom stereocenters. The molecule has 1 atom stereocenters. The Balaban J connectivity index is 1.80. The van der Waals surface area contributed by atoms with Gasteiger partial charge >= 0.3 is 0 Å². The smallest absolute Gasteiger partial charge is 0.264 e. The number of hydrogen-bond donors (Lipinski definition) is 1. The van der Waals surface area contributed by atoms with E-state index >= 15 is 4.39 Å². The summed E-state index contributed by atoms with van der Waals surface area (Å²) >= 11 is 0. The summed E-state index contributed by atoms with van der Waals surface area (Å²) in [4.78, 5) is 28.3. The second-order valence-electron chi connectivity index (χ2n) is 9.71. The first kappa shape index (κ1) is 30.4. The number of para-hydroxylation sites is 1. The van der Waals surface area contributed by atoms with Crippen molar-refractivity contribution in [3.05, 3.63) is 131 Å². The SMILES string of the molecule is CNC(=O)[C@H](Cc1ccccc1)N(Cc1ccccc1F)C(=O)CN(c1ccccc1F)S(=O)(=O)c1ccc(C)cc1. The lowest BCUT2D eigenvalue weighted by molar-refractivity contribution is -0.139. The number of carbonyl (C=O) groups is 2. The number of hydrogen-bond acceptors (Lipinski definition) is 4. The van der Waals surface area contributed by atoms with Crippen LogP contribution in [0.1, 0.15) is 16.7 Å². The van der Waals surface area contributed by atoms with E-state index in [0.29, 0.717) is 4.31 Å². The van der Waals surface area contributed by atoms with Crippen molar-refractivity contribution < 1.29 is 26.8 Å². The van der Waals surface area contributed by atoms with Gasteiger partial charge in [0, 0.05) is 25.6 Å². The van der Waals surface area contributed by atoms with E-state index in [-0.39, 0.29) is 29.1 Å². The molecule has 0 aliphatic heterocycles. The molecule has 0 spiro atoms. The fraction of sp³-hybridized carbons (Fsp3) is 0.188. The molecule has 0 aliphatic carbocycles. The Morgan fingerprint density at radius 1 is 0.810 bits per heavy atom. The molecular formula is C32H31F2N3O4S. The van der Waals surface area contributed by atoms with Crippen LogP contribution in [0, 0.1) is 18.6 Å². The summed E-state index contributed by atoms with van der Waals surface area (Å²) in [7, 11) is -3.03. The number of amides is 2. The Bertz CT molecular complexity index is 1650. The first-order chi connectivity index (χ1) is 20.1. The van der Waals surface area contributed by atoms with Crippen LogP contribution in [-0.4, -0.2) is 44.8 Å². The zero-order valence-corrected chi connectivity index (χ0v) is 24.0. The van der Waals surface area contributed by atoms with Gasteiger partial charge in [0.2, 0.25) is 11.8 Å². The van der Waals surface area contributed by atoms with Gasteiger partial charge in [0.25, 0.3) is 10.0 Å². The first-order valence-corrected chi connectivity index (χ1v) is 14.7. The van der Waals surface area contributed by atoms with Crippen molar-refractivity contribution in [1.29, 1.82) is 0 Å². The third kappa shape index (κ3) is 7.01. The van der Waals surface area contributed by atoms with E-state index in [1.54, 1.807) is 49.4 Å². The molecule has 4 rings (SSSR count). The van der Waals surface area contributed by atoms with Gasteiger partial charge in [-0.25, -0.2) is 17.2 Å². The molecule has 10 heteroatoms. The summed E-state index contributed by atoms with van der Waals surface area (Å²) in [6.07, 6.45) is 0.0745. The Hall–Kier alpha value is -4.57. The van der Waals surface area contributed by atoms with Gasteiger partial charge in [-0.05, 0) is 42.8 Å². The van der Waals surface area contributed by atoms with Gasteiger partial charge in [0.1, 0.15) is 24.2 Å². The number of sulfonamides is 1.